The first kappa shape index (κ1) is 17.5. The number of nitrogens with zero attached hydrogens (tertiary/aromatic N) is 2. The first-order valence-corrected chi connectivity index (χ1v) is 10.6. The summed E-state index contributed by atoms with van der Waals surface area (Å²) in [4.78, 5) is 0. The third-order valence-corrected chi connectivity index (χ3v) is 7.47. The molecule has 0 N–H and O–H groups in total. The number of hydrogen-bond acceptors (Lipinski definition) is 1. The highest BCUT2D eigenvalue weighted by Gasteiger charge is 2.53. The summed E-state index contributed by atoms with van der Waals surface area (Å²) in [5.41, 5.74) is 0.400. The molecule has 2 fully saturated rings. The molecule has 21 heavy (non-hydrogen) atoms. The predicted molar refractivity (Wildman–Crippen MR) is 91.9 cm³/mol. The van der Waals surface area contributed by atoms with Gasteiger partial charge < -0.3 is 0 Å². The Labute approximate surface area is 131 Å². The summed E-state index contributed by atoms with van der Waals surface area (Å²) < 4.78 is 18.4. The van der Waals surface area contributed by atoms with Gasteiger partial charge in [0, 0.05) is 31.8 Å². The summed E-state index contributed by atoms with van der Waals surface area (Å²) in [6.07, 6.45) is 5.04. The molecule has 0 aromatic rings. The van der Waals surface area contributed by atoms with Crippen molar-refractivity contribution < 1.29 is 4.57 Å². The summed E-state index contributed by atoms with van der Waals surface area (Å²) in [6, 6.07) is 1.02. The molecule has 1 aliphatic carbocycles. The SMILES string of the molecule is CC(C)(C)CN1[C@@H]2CCCC[C@H]2N(CC(C)(C)C)P1(C)=O. The van der Waals surface area contributed by atoms with Crippen LogP contribution < -0.4 is 0 Å². The van der Waals surface area contributed by atoms with Crippen LogP contribution in [0, 0.1) is 10.8 Å². The molecule has 124 valence electrons. The van der Waals surface area contributed by atoms with E-state index in [1.54, 1.807) is 0 Å². The normalized spacial score (nSPS) is 31.4. The minimum absolute atomic E-state index is 0.200. The van der Waals surface area contributed by atoms with E-state index in [1.807, 2.05) is 6.66 Å². The monoisotopic (exact) mass is 314 g/mol. The molecule has 2 aliphatic rings. The minimum atomic E-state index is -2.40. The van der Waals surface area contributed by atoms with E-state index in [4.69, 9.17) is 0 Å². The van der Waals surface area contributed by atoms with Gasteiger partial charge in [-0.3, -0.25) is 4.57 Å². The molecule has 1 saturated carbocycles. The smallest absolute Gasteiger partial charge is 0.214 e. The third-order valence-electron chi connectivity index (χ3n) is 4.69. The van der Waals surface area contributed by atoms with E-state index in [0.29, 0.717) is 12.1 Å². The molecule has 1 aliphatic heterocycles. The first-order valence-electron chi connectivity index (χ1n) is 8.54. The summed E-state index contributed by atoms with van der Waals surface area (Å²) in [5.74, 6) is 0. The van der Waals surface area contributed by atoms with Gasteiger partial charge >= 0.3 is 0 Å². The van der Waals surface area contributed by atoms with Gasteiger partial charge in [-0.2, -0.15) is 0 Å². The fraction of sp³-hybridized carbons (Fsp3) is 1.00. The average molecular weight is 314 g/mol. The molecule has 0 bridgehead atoms. The molecule has 1 heterocycles. The summed E-state index contributed by atoms with van der Waals surface area (Å²) in [5, 5.41) is 0. The van der Waals surface area contributed by atoms with Crippen LogP contribution in [0.25, 0.3) is 0 Å². The lowest BCUT2D eigenvalue weighted by Gasteiger charge is -2.35. The molecule has 2 rings (SSSR count). The van der Waals surface area contributed by atoms with Crippen molar-refractivity contribution in [3.05, 3.63) is 0 Å². The molecule has 0 aromatic heterocycles. The molecule has 3 nitrogen and oxygen atoms in total. The zero-order chi connectivity index (χ0) is 16.1. The van der Waals surface area contributed by atoms with Crippen LogP contribution in [0.2, 0.25) is 0 Å². The van der Waals surface area contributed by atoms with Gasteiger partial charge in [0.15, 0.2) is 0 Å². The van der Waals surface area contributed by atoms with E-state index in [2.05, 4.69) is 50.9 Å². The van der Waals surface area contributed by atoms with E-state index in [9.17, 15) is 4.57 Å². The van der Waals surface area contributed by atoms with Crippen molar-refractivity contribution in [3.8, 4) is 0 Å². The molecule has 0 aromatic carbocycles. The fourth-order valence-corrected chi connectivity index (χ4v) is 7.26. The van der Waals surface area contributed by atoms with Crippen LogP contribution in [-0.4, -0.2) is 41.2 Å². The highest BCUT2D eigenvalue weighted by atomic mass is 31.2. The van der Waals surface area contributed by atoms with Gasteiger partial charge in [0.2, 0.25) is 7.44 Å². The van der Waals surface area contributed by atoms with Gasteiger partial charge in [0.05, 0.1) is 0 Å². The molecule has 1 saturated heterocycles. The van der Waals surface area contributed by atoms with Gasteiger partial charge in [0.25, 0.3) is 0 Å². The quantitative estimate of drug-likeness (QED) is 0.682. The van der Waals surface area contributed by atoms with E-state index in [-0.39, 0.29) is 10.8 Å². The highest BCUT2D eigenvalue weighted by Crippen LogP contribution is 2.62. The maximum absolute atomic E-state index is 13.7. The van der Waals surface area contributed by atoms with Crippen molar-refractivity contribution in [2.45, 2.75) is 79.3 Å². The molecule has 2 atom stereocenters. The Hall–Kier alpha value is 0.150. The van der Waals surface area contributed by atoms with Crippen LogP contribution in [0.1, 0.15) is 67.2 Å². The maximum Gasteiger partial charge on any atom is 0.214 e. The lowest BCUT2D eigenvalue weighted by Crippen LogP contribution is -2.43. The Morgan fingerprint density at radius 3 is 1.48 bits per heavy atom. The van der Waals surface area contributed by atoms with Crippen molar-refractivity contribution in [3.63, 3.8) is 0 Å². The van der Waals surface area contributed by atoms with Crippen LogP contribution in [0.5, 0.6) is 0 Å². The van der Waals surface area contributed by atoms with Gasteiger partial charge in [-0.15, -0.1) is 0 Å². The van der Waals surface area contributed by atoms with E-state index in [0.717, 1.165) is 13.1 Å². The van der Waals surface area contributed by atoms with Crippen LogP contribution in [-0.2, 0) is 4.57 Å². The Morgan fingerprint density at radius 1 is 0.857 bits per heavy atom. The van der Waals surface area contributed by atoms with Gasteiger partial charge in [0.1, 0.15) is 0 Å². The second-order valence-electron chi connectivity index (χ2n) is 9.57. The van der Waals surface area contributed by atoms with Gasteiger partial charge in [-0.05, 0) is 23.7 Å². The Balaban J connectivity index is 2.31. The van der Waals surface area contributed by atoms with Crippen LogP contribution in [0.4, 0.5) is 0 Å². The van der Waals surface area contributed by atoms with Crippen molar-refractivity contribution in [2.75, 3.05) is 19.8 Å². The van der Waals surface area contributed by atoms with E-state index in [1.165, 1.54) is 25.7 Å². The van der Waals surface area contributed by atoms with Crippen LogP contribution in [0.15, 0.2) is 0 Å². The molecule has 0 radical (unpaired) electrons. The second-order valence-corrected chi connectivity index (χ2v) is 12.3. The number of fused-ring (bicyclic) bond motifs is 1. The van der Waals surface area contributed by atoms with Crippen molar-refractivity contribution in [2.24, 2.45) is 10.8 Å². The molecule has 0 spiro atoms. The van der Waals surface area contributed by atoms with Crippen LogP contribution >= 0.6 is 7.44 Å². The summed E-state index contributed by atoms with van der Waals surface area (Å²) >= 11 is 0. The van der Waals surface area contributed by atoms with E-state index >= 15 is 0 Å². The summed E-state index contributed by atoms with van der Waals surface area (Å²) in [6.45, 7) is 17.5. The van der Waals surface area contributed by atoms with Crippen LogP contribution in [0.3, 0.4) is 0 Å². The van der Waals surface area contributed by atoms with Crippen molar-refractivity contribution in [1.29, 1.82) is 0 Å². The maximum atomic E-state index is 13.7. The van der Waals surface area contributed by atoms with E-state index < -0.39 is 7.44 Å². The van der Waals surface area contributed by atoms with Crippen molar-refractivity contribution >= 4 is 7.44 Å². The summed E-state index contributed by atoms with van der Waals surface area (Å²) in [7, 11) is -2.40. The molecule has 0 unspecified atom stereocenters. The molecular weight excluding hydrogens is 279 g/mol. The lowest BCUT2D eigenvalue weighted by atomic mass is 9.87. The largest absolute Gasteiger partial charge is 0.289 e. The molecule has 0 amide bonds. The van der Waals surface area contributed by atoms with Gasteiger partial charge in [-0.25, -0.2) is 9.34 Å². The van der Waals surface area contributed by atoms with Crippen molar-refractivity contribution in [1.82, 2.24) is 9.34 Å². The topological polar surface area (TPSA) is 23.6 Å². The third kappa shape index (κ3) is 3.92. The zero-order valence-electron chi connectivity index (χ0n) is 15.1. The Kier molecular flexibility index (Phi) is 4.71. The zero-order valence-corrected chi connectivity index (χ0v) is 16.0. The number of hydrogen-bond donors (Lipinski definition) is 0. The number of rotatable bonds is 2. The first-order chi connectivity index (χ1) is 9.42. The minimum Gasteiger partial charge on any atom is -0.289 e. The average Bonchev–Trinajstić information content (AvgIpc) is 2.48. The Morgan fingerprint density at radius 2 is 1.19 bits per heavy atom. The second kappa shape index (κ2) is 5.65. The lowest BCUT2D eigenvalue weighted by molar-refractivity contribution is 0.159. The highest BCUT2D eigenvalue weighted by molar-refractivity contribution is 7.58. The van der Waals surface area contributed by atoms with Gasteiger partial charge in [-0.1, -0.05) is 54.4 Å². The Bertz CT molecular complexity index is 385. The standard InChI is InChI=1S/C17H35N2OP/c1-16(2,3)12-18-14-10-8-9-11-15(14)19(21(18,7)20)13-17(4,5)6/h14-15H,8-13H2,1-7H3/t14-,15-/m1/s1. The molecular formula is C17H35N2OP. The fourth-order valence-electron chi connectivity index (χ4n) is 3.95. The predicted octanol–water partition coefficient (Wildman–Crippen LogP) is 4.83. The molecule has 4 heteroatoms.